The van der Waals surface area contributed by atoms with Crippen LogP contribution < -0.4 is 11.3 Å². The van der Waals surface area contributed by atoms with Crippen molar-refractivity contribution in [3.63, 3.8) is 0 Å². The Morgan fingerprint density at radius 3 is 2.81 bits per heavy atom. The van der Waals surface area contributed by atoms with Crippen molar-refractivity contribution >= 4 is 38.2 Å². The lowest BCUT2D eigenvalue weighted by atomic mass is 10.1. The minimum absolute atomic E-state index is 0.0775. The second-order valence-corrected chi connectivity index (χ2v) is 7.43. The van der Waals surface area contributed by atoms with Gasteiger partial charge in [0.05, 0.1) is 15.3 Å². The molecule has 1 aromatic carbocycles. The summed E-state index contributed by atoms with van der Waals surface area (Å²) in [7, 11) is 0. The Balaban J connectivity index is 1.88. The monoisotopic (exact) mass is 361 g/mol. The molecule has 0 saturated carbocycles. The molecule has 21 heavy (non-hydrogen) atoms. The van der Waals surface area contributed by atoms with Gasteiger partial charge in [0, 0.05) is 22.4 Å². The molecule has 0 fully saturated rings. The average Bonchev–Trinajstić information content (AvgIpc) is 2.84. The Hall–Kier alpha value is -1.27. The van der Waals surface area contributed by atoms with E-state index in [1.807, 2.05) is 18.2 Å². The first kappa shape index (κ1) is 14.7. The van der Waals surface area contributed by atoms with Gasteiger partial charge in [0.15, 0.2) is 0 Å². The van der Waals surface area contributed by atoms with Crippen LogP contribution in [0.5, 0.6) is 0 Å². The van der Waals surface area contributed by atoms with Gasteiger partial charge in [-0.15, -0.1) is 11.3 Å². The minimum Gasteiger partial charge on any atom is -0.271 e. The third-order valence-electron chi connectivity index (χ3n) is 3.49. The first-order valence-electron chi connectivity index (χ1n) is 6.74. The predicted octanol–water partition coefficient (Wildman–Crippen LogP) is 4.11. The van der Waals surface area contributed by atoms with Crippen LogP contribution in [-0.2, 0) is 6.42 Å². The van der Waals surface area contributed by atoms with Crippen LogP contribution in [0.15, 0.2) is 46.3 Å². The number of aromatic nitrogens is 1. The van der Waals surface area contributed by atoms with Gasteiger partial charge < -0.3 is 0 Å². The number of hydrogen-bond donors (Lipinski definition) is 2. The van der Waals surface area contributed by atoms with Crippen molar-refractivity contribution in [3.8, 4) is 0 Å². The van der Waals surface area contributed by atoms with Crippen molar-refractivity contribution in [2.24, 2.45) is 5.84 Å². The zero-order valence-electron chi connectivity index (χ0n) is 11.6. The average molecular weight is 362 g/mol. The molecule has 3 rings (SSSR count). The fraction of sp³-hybridized carbons (Fsp3) is 0.188. The van der Waals surface area contributed by atoms with E-state index in [0.29, 0.717) is 0 Å². The van der Waals surface area contributed by atoms with Gasteiger partial charge in [-0.3, -0.25) is 16.3 Å². The highest BCUT2D eigenvalue weighted by Crippen LogP contribution is 2.32. The summed E-state index contributed by atoms with van der Waals surface area (Å²) < 4.78 is 1.16. The summed E-state index contributed by atoms with van der Waals surface area (Å²) in [6.45, 7) is 2.09. The molecule has 5 heteroatoms. The normalized spacial score (nSPS) is 12.7. The molecule has 3 nitrogen and oxygen atoms in total. The molecule has 0 aliphatic heterocycles. The van der Waals surface area contributed by atoms with Crippen LogP contribution in [0.25, 0.3) is 10.9 Å². The summed E-state index contributed by atoms with van der Waals surface area (Å²) in [5, 5.41) is 1.16. The molecule has 0 amide bonds. The quantitative estimate of drug-likeness (QED) is 0.542. The lowest BCUT2D eigenvalue weighted by molar-refractivity contribution is 0.555. The van der Waals surface area contributed by atoms with E-state index >= 15 is 0 Å². The molecule has 2 aromatic heterocycles. The zero-order valence-corrected chi connectivity index (χ0v) is 14.0. The Kier molecular flexibility index (Phi) is 4.35. The van der Waals surface area contributed by atoms with Gasteiger partial charge in [0.2, 0.25) is 0 Å². The number of aryl methyl sites for hydroxylation is 1. The molecule has 3 aromatic rings. The summed E-state index contributed by atoms with van der Waals surface area (Å²) in [4.78, 5) is 5.93. The Morgan fingerprint density at radius 2 is 2.10 bits per heavy atom. The Labute approximate surface area is 136 Å². The smallest absolute Gasteiger partial charge is 0.0731 e. The van der Waals surface area contributed by atoms with Crippen LogP contribution in [0.4, 0.5) is 0 Å². The van der Waals surface area contributed by atoms with E-state index in [2.05, 4.69) is 52.5 Å². The van der Waals surface area contributed by atoms with Gasteiger partial charge in [-0.1, -0.05) is 24.3 Å². The molecular weight excluding hydrogens is 346 g/mol. The maximum Gasteiger partial charge on any atom is 0.0731 e. The van der Waals surface area contributed by atoms with Gasteiger partial charge >= 0.3 is 0 Å². The van der Waals surface area contributed by atoms with Crippen molar-refractivity contribution in [1.82, 2.24) is 10.4 Å². The van der Waals surface area contributed by atoms with Crippen LogP contribution in [0.2, 0.25) is 0 Å². The third kappa shape index (κ3) is 3.16. The van der Waals surface area contributed by atoms with E-state index in [4.69, 9.17) is 10.8 Å². The van der Waals surface area contributed by atoms with Crippen LogP contribution in [0.3, 0.4) is 0 Å². The predicted molar refractivity (Wildman–Crippen MR) is 92.3 cm³/mol. The lowest BCUT2D eigenvalue weighted by Crippen LogP contribution is -2.29. The van der Waals surface area contributed by atoms with E-state index < -0.39 is 0 Å². The Bertz CT molecular complexity index is 750. The number of pyridine rings is 1. The number of fused-ring (bicyclic) bond motifs is 1. The van der Waals surface area contributed by atoms with Crippen molar-refractivity contribution in [3.05, 3.63) is 62.4 Å². The zero-order chi connectivity index (χ0) is 14.8. The molecule has 108 valence electrons. The van der Waals surface area contributed by atoms with Crippen LogP contribution in [0.1, 0.15) is 22.2 Å². The second kappa shape index (κ2) is 6.23. The van der Waals surface area contributed by atoms with Gasteiger partial charge in [-0.25, -0.2) is 0 Å². The SMILES string of the molecule is Cc1cc(C(Cc2ccc3ccccc3n2)NN)sc1Br. The topological polar surface area (TPSA) is 50.9 Å². The number of halogens is 1. The lowest BCUT2D eigenvalue weighted by Gasteiger charge is -2.14. The first-order valence-corrected chi connectivity index (χ1v) is 8.35. The molecule has 1 unspecified atom stereocenters. The number of benzene rings is 1. The first-order chi connectivity index (χ1) is 10.2. The van der Waals surface area contributed by atoms with Gasteiger partial charge in [-0.2, -0.15) is 0 Å². The molecule has 0 radical (unpaired) electrons. The molecule has 0 saturated heterocycles. The highest BCUT2D eigenvalue weighted by molar-refractivity contribution is 9.11. The molecule has 0 aliphatic carbocycles. The summed E-state index contributed by atoms with van der Waals surface area (Å²) in [5.74, 6) is 5.74. The molecular formula is C16H16BrN3S. The van der Waals surface area contributed by atoms with Gasteiger partial charge in [-0.05, 0) is 46.6 Å². The number of rotatable bonds is 4. The van der Waals surface area contributed by atoms with Gasteiger partial charge in [0.1, 0.15) is 0 Å². The number of nitrogens with zero attached hydrogens (tertiary/aromatic N) is 1. The van der Waals surface area contributed by atoms with Crippen molar-refractivity contribution < 1.29 is 0 Å². The fourth-order valence-corrected chi connectivity index (χ4v) is 3.96. The largest absolute Gasteiger partial charge is 0.271 e. The van der Waals surface area contributed by atoms with Crippen molar-refractivity contribution in [2.75, 3.05) is 0 Å². The van der Waals surface area contributed by atoms with Crippen molar-refractivity contribution in [1.29, 1.82) is 0 Å². The van der Waals surface area contributed by atoms with Crippen molar-refractivity contribution in [2.45, 2.75) is 19.4 Å². The van der Waals surface area contributed by atoms with Gasteiger partial charge in [0.25, 0.3) is 0 Å². The molecule has 1 atom stereocenters. The van der Waals surface area contributed by atoms with E-state index in [1.165, 1.54) is 10.4 Å². The maximum absolute atomic E-state index is 5.74. The van der Waals surface area contributed by atoms with Crippen LogP contribution >= 0.6 is 27.3 Å². The summed E-state index contributed by atoms with van der Waals surface area (Å²) >= 11 is 5.28. The fourth-order valence-electron chi connectivity index (χ4n) is 2.33. The third-order valence-corrected chi connectivity index (χ3v) is 5.74. The molecule has 3 N–H and O–H groups in total. The summed E-state index contributed by atoms with van der Waals surface area (Å²) in [5.41, 5.74) is 6.21. The van der Waals surface area contributed by atoms with E-state index in [1.54, 1.807) is 11.3 Å². The standard InChI is InChI=1S/C16H16BrN3S/c1-10-8-15(21-16(10)17)14(20-18)9-12-7-6-11-4-2-3-5-13(11)19-12/h2-8,14,20H,9,18H2,1H3. The molecule has 0 bridgehead atoms. The number of thiophene rings is 1. The van der Waals surface area contributed by atoms with E-state index in [0.717, 1.165) is 26.8 Å². The number of para-hydroxylation sites is 1. The highest BCUT2D eigenvalue weighted by atomic mass is 79.9. The van der Waals surface area contributed by atoms with Crippen LogP contribution in [-0.4, -0.2) is 4.98 Å². The summed E-state index contributed by atoms with van der Waals surface area (Å²) in [6.07, 6.45) is 0.772. The molecule has 0 spiro atoms. The number of nitrogens with one attached hydrogen (secondary N) is 1. The number of hydrogen-bond acceptors (Lipinski definition) is 4. The Morgan fingerprint density at radius 1 is 1.29 bits per heavy atom. The van der Waals surface area contributed by atoms with Crippen LogP contribution in [0, 0.1) is 6.92 Å². The minimum atomic E-state index is 0.0775. The molecule has 0 aliphatic rings. The maximum atomic E-state index is 5.74. The van der Waals surface area contributed by atoms with E-state index in [9.17, 15) is 0 Å². The van der Waals surface area contributed by atoms with E-state index in [-0.39, 0.29) is 6.04 Å². The number of nitrogens with two attached hydrogens (primary N) is 1. The number of hydrazine groups is 1. The summed E-state index contributed by atoms with van der Waals surface area (Å²) in [6, 6.07) is 14.6. The highest BCUT2D eigenvalue weighted by Gasteiger charge is 2.15. The second-order valence-electron chi connectivity index (χ2n) is 5.02. The molecule has 2 heterocycles.